The van der Waals surface area contributed by atoms with Crippen molar-refractivity contribution in [3.8, 4) is 5.75 Å². The Morgan fingerprint density at radius 3 is 2.53 bits per heavy atom. The van der Waals surface area contributed by atoms with Crippen molar-refractivity contribution in [3.05, 3.63) is 52.7 Å². The SMILES string of the molecule is CNC(c1cc(C)oc1C)c1cccc(OC)c1F. The smallest absolute Gasteiger partial charge is 0.170 e. The zero-order valence-electron chi connectivity index (χ0n) is 11.6. The molecule has 0 spiro atoms. The predicted octanol–water partition coefficient (Wildman–Crippen LogP) is 3.35. The van der Waals surface area contributed by atoms with Gasteiger partial charge in [0.25, 0.3) is 0 Å². The summed E-state index contributed by atoms with van der Waals surface area (Å²) < 4.78 is 24.9. The van der Waals surface area contributed by atoms with Gasteiger partial charge in [-0.2, -0.15) is 0 Å². The van der Waals surface area contributed by atoms with Crippen molar-refractivity contribution in [2.45, 2.75) is 19.9 Å². The van der Waals surface area contributed by atoms with Crippen LogP contribution in [0.15, 0.2) is 28.7 Å². The molecule has 0 aliphatic carbocycles. The van der Waals surface area contributed by atoms with E-state index in [4.69, 9.17) is 9.15 Å². The van der Waals surface area contributed by atoms with Gasteiger partial charge in [-0.05, 0) is 33.0 Å². The van der Waals surface area contributed by atoms with Crippen LogP contribution in [0.4, 0.5) is 4.39 Å². The van der Waals surface area contributed by atoms with E-state index in [1.807, 2.05) is 19.9 Å². The number of halogens is 1. The maximum absolute atomic E-state index is 14.3. The Hall–Kier alpha value is -1.81. The molecule has 1 atom stereocenters. The summed E-state index contributed by atoms with van der Waals surface area (Å²) in [7, 11) is 3.26. The fourth-order valence-corrected chi connectivity index (χ4v) is 2.32. The van der Waals surface area contributed by atoms with Gasteiger partial charge in [-0.15, -0.1) is 0 Å². The van der Waals surface area contributed by atoms with Gasteiger partial charge in [0.2, 0.25) is 0 Å². The Labute approximate surface area is 112 Å². The van der Waals surface area contributed by atoms with Crippen LogP contribution in [0.2, 0.25) is 0 Å². The van der Waals surface area contributed by atoms with Crippen LogP contribution in [0.25, 0.3) is 0 Å². The van der Waals surface area contributed by atoms with Crippen molar-refractivity contribution in [3.63, 3.8) is 0 Å². The lowest BCUT2D eigenvalue weighted by Gasteiger charge is -2.18. The summed E-state index contributed by atoms with van der Waals surface area (Å²) in [6.07, 6.45) is 0. The van der Waals surface area contributed by atoms with Crippen molar-refractivity contribution in [2.24, 2.45) is 0 Å². The molecule has 0 saturated heterocycles. The van der Waals surface area contributed by atoms with Gasteiger partial charge >= 0.3 is 0 Å². The van der Waals surface area contributed by atoms with Crippen LogP contribution >= 0.6 is 0 Å². The van der Waals surface area contributed by atoms with Gasteiger partial charge in [-0.3, -0.25) is 0 Å². The minimum absolute atomic E-state index is 0.246. The van der Waals surface area contributed by atoms with Crippen molar-refractivity contribution < 1.29 is 13.5 Å². The molecule has 0 aliphatic rings. The second-order valence-corrected chi connectivity index (χ2v) is 4.45. The molecule has 1 unspecified atom stereocenters. The highest BCUT2D eigenvalue weighted by Gasteiger charge is 2.22. The summed E-state index contributed by atoms with van der Waals surface area (Å²) in [5.74, 6) is 1.51. The lowest BCUT2D eigenvalue weighted by Crippen LogP contribution is -2.19. The minimum Gasteiger partial charge on any atom is -0.494 e. The lowest BCUT2D eigenvalue weighted by atomic mass is 9.98. The average molecular weight is 263 g/mol. The molecule has 19 heavy (non-hydrogen) atoms. The summed E-state index contributed by atoms with van der Waals surface area (Å²) in [4.78, 5) is 0. The van der Waals surface area contributed by atoms with E-state index in [9.17, 15) is 4.39 Å². The first-order valence-electron chi connectivity index (χ1n) is 6.15. The Bertz CT molecular complexity index is 578. The van der Waals surface area contributed by atoms with E-state index in [1.165, 1.54) is 7.11 Å². The molecule has 0 aliphatic heterocycles. The molecule has 0 bridgehead atoms. The summed E-state index contributed by atoms with van der Waals surface area (Å²) >= 11 is 0. The predicted molar refractivity (Wildman–Crippen MR) is 72.0 cm³/mol. The average Bonchev–Trinajstić information content (AvgIpc) is 2.72. The van der Waals surface area contributed by atoms with Gasteiger partial charge < -0.3 is 14.5 Å². The molecule has 2 aromatic rings. The first kappa shape index (κ1) is 13.6. The maximum atomic E-state index is 14.3. The molecule has 3 nitrogen and oxygen atoms in total. The third kappa shape index (κ3) is 2.49. The highest BCUT2D eigenvalue weighted by molar-refractivity contribution is 5.39. The fraction of sp³-hybridized carbons (Fsp3) is 0.333. The molecule has 0 fully saturated rings. The van der Waals surface area contributed by atoms with Crippen molar-refractivity contribution in [1.29, 1.82) is 0 Å². The van der Waals surface area contributed by atoms with Crippen LogP contribution in [0.1, 0.15) is 28.7 Å². The first-order valence-corrected chi connectivity index (χ1v) is 6.15. The van der Waals surface area contributed by atoms with Crippen LogP contribution in [-0.4, -0.2) is 14.2 Å². The molecule has 0 amide bonds. The normalized spacial score (nSPS) is 12.5. The standard InChI is InChI=1S/C15H18FNO2/c1-9-8-12(10(2)19-9)15(17-3)11-6-5-7-13(18-4)14(11)16/h5-8,15,17H,1-4H3. The zero-order chi connectivity index (χ0) is 14.0. The fourth-order valence-electron chi connectivity index (χ4n) is 2.32. The molecule has 0 radical (unpaired) electrons. The number of ether oxygens (including phenoxy) is 1. The van der Waals surface area contributed by atoms with Crippen LogP contribution in [0.5, 0.6) is 5.75 Å². The summed E-state index contributed by atoms with van der Waals surface area (Å²) in [5, 5.41) is 3.13. The van der Waals surface area contributed by atoms with Gasteiger partial charge in [-0.1, -0.05) is 12.1 Å². The van der Waals surface area contributed by atoms with Crippen molar-refractivity contribution in [2.75, 3.05) is 14.2 Å². The number of furan rings is 1. The van der Waals surface area contributed by atoms with E-state index < -0.39 is 0 Å². The number of rotatable bonds is 4. The minimum atomic E-state index is -0.345. The van der Waals surface area contributed by atoms with E-state index >= 15 is 0 Å². The van der Waals surface area contributed by atoms with Crippen molar-refractivity contribution >= 4 is 0 Å². The molecular formula is C15H18FNO2. The van der Waals surface area contributed by atoms with E-state index in [0.29, 0.717) is 5.56 Å². The second-order valence-electron chi connectivity index (χ2n) is 4.45. The highest BCUT2D eigenvalue weighted by atomic mass is 19.1. The summed E-state index contributed by atoms with van der Waals surface area (Å²) in [6.45, 7) is 3.76. The van der Waals surface area contributed by atoms with Gasteiger partial charge in [0.15, 0.2) is 11.6 Å². The largest absolute Gasteiger partial charge is 0.494 e. The molecular weight excluding hydrogens is 245 g/mol. The number of hydrogen-bond donors (Lipinski definition) is 1. The van der Waals surface area contributed by atoms with E-state index in [1.54, 1.807) is 25.2 Å². The monoisotopic (exact) mass is 263 g/mol. The Kier molecular flexibility index (Phi) is 3.90. The quantitative estimate of drug-likeness (QED) is 0.918. The summed E-state index contributed by atoms with van der Waals surface area (Å²) in [6, 6.07) is 6.81. The van der Waals surface area contributed by atoms with Crippen LogP contribution in [0.3, 0.4) is 0 Å². The van der Waals surface area contributed by atoms with Gasteiger partial charge in [0.1, 0.15) is 11.5 Å². The molecule has 0 saturated carbocycles. The van der Waals surface area contributed by atoms with Gasteiger partial charge in [0, 0.05) is 11.1 Å². The number of hydrogen-bond acceptors (Lipinski definition) is 3. The number of nitrogens with one attached hydrogen (secondary N) is 1. The third-order valence-electron chi connectivity index (χ3n) is 3.20. The Morgan fingerprint density at radius 2 is 2.00 bits per heavy atom. The van der Waals surface area contributed by atoms with E-state index in [-0.39, 0.29) is 17.6 Å². The Balaban J connectivity index is 2.51. The van der Waals surface area contributed by atoms with E-state index in [0.717, 1.165) is 17.1 Å². The topological polar surface area (TPSA) is 34.4 Å². The van der Waals surface area contributed by atoms with Crippen LogP contribution in [0, 0.1) is 19.7 Å². The molecule has 4 heteroatoms. The molecule has 1 heterocycles. The highest BCUT2D eigenvalue weighted by Crippen LogP contribution is 2.31. The van der Waals surface area contributed by atoms with Gasteiger partial charge in [0.05, 0.1) is 13.2 Å². The Morgan fingerprint density at radius 1 is 1.26 bits per heavy atom. The van der Waals surface area contributed by atoms with Crippen molar-refractivity contribution in [1.82, 2.24) is 5.32 Å². The number of aryl methyl sites for hydroxylation is 2. The molecule has 1 aromatic carbocycles. The first-order chi connectivity index (χ1) is 9.08. The molecule has 102 valence electrons. The molecule has 2 rings (SSSR count). The molecule has 1 aromatic heterocycles. The summed E-state index contributed by atoms with van der Waals surface area (Å²) in [5.41, 5.74) is 1.48. The maximum Gasteiger partial charge on any atom is 0.170 e. The zero-order valence-corrected chi connectivity index (χ0v) is 11.6. The number of methoxy groups -OCH3 is 1. The van der Waals surface area contributed by atoms with Gasteiger partial charge in [-0.25, -0.2) is 4.39 Å². The second kappa shape index (κ2) is 5.45. The number of benzene rings is 1. The third-order valence-corrected chi connectivity index (χ3v) is 3.20. The van der Waals surface area contributed by atoms with Crippen LogP contribution < -0.4 is 10.1 Å². The van der Waals surface area contributed by atoms with E-state index in [2.05, 4.69) is 5.32 Å². The van der Waals surface area contributed by atoms with Crippen LogP contribution in [-0.2, 0) is 0 Å². The molecule has 1 N–H and O–H groups in total. The lowest BCUT2D eigenvalue weighted by molar-refractivity contribution is 0.382.